The van der Waals surface area contributed by atoms with E-state index in [2.05, 4.69) is 6.92 Å². The lowest BCUT2D eigenvalue weighted by atomic mass is 9.84. The maximum absolute atomic E-state index is 13.5. The Morgan fingerprint density at radius 3 is 2.76 bits per heavy atom. The smallest absolute Gasteiger partial charge is 0.258 e. The third-order valence-corrected chi connectivity index (χ3v) is 7.81. The number of rotatable bonds is 5. The van der Waals surface area contributed by atoms with E-state index in [9.17, 15) is 9.90 Å². The fourth-order valence-corrected chi connectivity index (χ4v) is 5.45. The van der Waals surface area contributed by atoms with E-state index in [0.717, 1.165) is 60.4 Å². The molecule has 1 aliphatic carbocycles. The van der Waals surface area contributed by atoms with Crippen molar-refractivity contribution in [1.82, 2.24) is 19.5 Å². The Labute approximate surface area is 204 Å². The van der Waals surface area contributed by atoms with Crippen LogP contribution in [0.2, 0.25) is 5.02 Å². The van der Waals surface area contributed by atoms with Gasteiger partial charge >= 0.3 is 0 Å². The number of nitrogens with zero attached hydrogens (tertiary/aromatic N) is 4. The molecule has 7 nitrogen and oxygen atoms in total. The lowest BCUT2D eigenvalue weighted by Gasteiger charge is -2.33. The number of amides is 1. The van der Waals surface area contributed by atoms with Gasteiger partial charge in [0, 0.05) is 5.56 Å². The second kappa shape index (κ2) is 9.19. The summed E-state index contributed by atoms with van der Waals surface area (Å²) in [7, 11) is 0. The third-order valence-electron chi connectivity index (χ3n) is 7.32. The van der Waals surface area contributed by atoms with E-state index >= 15 is 0 Å². The van der Waals surface area contributed by atoms with Crippen molar-refractivity contribution in [2.45, 2.75) is 78.2 Å². The summed E-state index contributed by atoms with van der Waals surface area (Å²) in [4.78, 5) is 20.1. The molecule has 8 heteroatoms. The minimum Gasteiger partial charge on any atom is -0.487 e. The molecule has 1 aromatic carbocycles. The van der Waals surface area contributed by atoms with Crippen LogP contribution in [-0.4, -0.2) is 42.7 Å². The second-order valence-corrected chi connectivity index (χ2v) is 9.82. The molecule has 0 saturated heterocycles. The summed E-state index contributed by atoms with van der Waals surface area (Å²) >= 11 is 6.46. The number of carbonyl (C=O) groups excluding carboxylic acids is 1. The predicted octanol–water partition coefficient (Wildman–Crippen LogP) is 4.73. The van der Waals surface area contributed by atoms with E-state index in [0.29, 0.717) is 35.3 Å². The summed E-state index contributed by atoms with van der Waals surface area (Å²) in [6.07, 6.45) is 3.57. The minimum absolute atomic E-state index is 0.107. The molecule has 0 radical (unpaired) electrons. The zero-order valence-corrected chi connectivity index (χ0v) is 20.7. The van der Waals surface area contributed by atoms with Gasteiger partial charge in [0.1, 0.15) is 11.9 Å². The molecule has 1 N–H and O–H groups in total. The van der Waals surface area contributed by atoms with E-state index in [1.54, 1.807) is 15.5 Å². The summed E-state index contributed by atoms with van der Waals surface area (Å²) < 4.78 is 8.01. The van der Waals surface area contributed by atoms with Gasteiger partial charge in [-0.25, -0.2) is 9.50 Å². The average Bonchev–Trinajstić information content (AvgIpc) is 3.41. The first kappa shape index (κ1) is 23.1. The molecule has 1 amide bonds. The van der Waals surface area contributed by atoms with E-state index in [-0.39, 0.29) is 12.0 Å². The quantitative estimate of drug-likeness (QED) is 0.568. The van der Waals surface area contributed by atoms with Gasteiger partial charge in [0.2, 0.25) is 0 Å². The number of aromatic nitrogens is 3. The van der Waals surface area contributed by atoms with Crippen molar-refractivity contribution in [2.75, 3.05) is 0 Å². The van der Waals surface area contributed by atoms with Crippen molar-refractivity contribution in [1.29, 1.82) is 0 Å². The standard InChI is InChI=1S/C26H31ClN4O3/c1-4-16-10-11-23(21(32)12-16)34-22-9-7-6-8-17(22)26(33)30-13-18-20(14-30)29-31-15(3)24(27)19(5-2)28-25(18)31/h6-9,16,21,23,32H,4-5,10-14H2,1-3H3. The van der Waals surface area contributed by atoms with Crippen LogP contribution in [0, 0.1) is 12.8 Å². The van der Waals surface area contributed by atoms with Crippen LogP contribution in [0.3, 0.4) is 0 Å². The topological polar surface area (TPSA) is 80.0 Å². The van der Waals surface area contributed by atoms with E-state index in [4.69, 9.17) is 26.4 Å². The van der Waals surface area contributed by atoms with Crippen molar-refractivity contribution >= 4 is 23.2 Å². The Kier molecular flexibility index (Phi) is 6.25. The highest BCUT2D eigenvalue weighted by molar-refractivity contribution is 6.31. The number of para-hydroxylation sites is 1. The highest BCUT2D eigenvalue weighted by atomic mass is 35.5. The minimum atomic E-state index is -0.514. The van der Waals surface area contributed by atoms with Gasteiger partial charge in [0.25, 0.3) is 5.91 Å². The van der Waals surface area contributed by atoms with Gasteiger partial charge in [-0.15, -0.1) is 0 Å². The first-order valence-corrected chi connectivity index (χ1v) is 12.6. The molecule has 2 aromatic heterocycles. The number of halogens is 1. The van der Waals surface area contributed by atoms with E-state index in [1.807, 2.05) is 32.0 Å². The van der Waals surface area contributed by atoms with Gasteiger partial charge in [0.15, 0.2) is 5.65 Å². The van der Waals surface area contributed by atoms with Crippen LogP contribution in [0.25, 0.3) is 5.65 Å². The fraction of sp³-hybridized carbons (Fsp3) is 0.500. The number of carbonyl (C=O) groups is 1. The summed E-state index contributed by atoms with van der Waals surface area (Å²) in [6.45, 7) is 6.98. The zero-order chi connectivity index (χ0) is 24.0. The average molecular weight is 483 g/mol. The highest BCUT2D eigenvalue weighted by Crippen LogP contribution is 2.34. The van der Waals surface area contributed by atoms with Crippen LogP contribution in [0.1, 0.15) is 72.5 Å². The number of hydrogen-bond donors (Lipinski definition) is 1. The summed E-state index contributed by atoms with van der Waals surface area (Å²) in [6, 6.07) is 7.32. The number of aliphatic hydroxyl groups excluding tert-OH is 1. The Hall–Kier alpha value is -2.64. The molecular weight excluding hydrogens is 452 g/mol. The highest BCUT2D eigenvalue weighted by Gasteiger charge is 2.34. The van der Waals surface area contributed by atoms with Crippen LogP contribution in [0.5, 0.6) is 5.75 Å². The van der Waals surface area contributed by atoms with Crippen molar-refractivity contribution in [2.24, 2.45) is 5.92 Å². The molecule has 1 aliphatic heterocycles. The third kappa shape index (κ3) is 3.95. The van der Waals surface area contributed by atoms with Gasteiger partial charge in [-0.2, -0.15) is 5.10 Å². The van der Waals surface area contributed by atoms with Gasteiger partial charge in [0.05, 0.1) is 46.9 Å². The van der Waals surface area contributed by atoms with Gasteiger partial charge in [-0.05, 0) is 50.7 Å². The Morgan fingerprint density at radius 1 is 1.24 bits per heavy atom. The largest absolute Gasteiger partial charge is 0.487 e. The normalized spacial score (nSPS) is 22.3. The van der Waals surface area contributed by atoms with Crippen LogP contribution < -0.4 is 4.74 Å². The summed E-state index contributed by atoms with van der Waals surface area (Å²) in [5, 5.41) is 16.0. The molecular formula is C26H31ClN4O3. The first-order valence-electron chi connectivity index (χ1n) is 12.2. The summed E-state index contributed by atoms with van der Waals surface area (Å²) in [5.41, 5.74) is 4.80. The molecule has 180 valence electrons. The van der Waals surface area contributed by atoms with Crippen molar-refractivity contribution < 1.29 is 14.6 Å². The molecule has 0 bridgehead atoms. The Morgan fingerprint density at radius 2 is 2.03 bits per heavy atom. The lowest BCUT2D eigenvalue weighted by Crippen LogP contribution is -2.38. The molecule has 5 rings (SSSR count). The molecule has 3 atom stereocenters. The monoisotopic (exact) mass is 482 g/mol. The summed E-state index contributed by atoms with van der Waals surface area (Å²) in [5.74, 6) is 0.957. The van der Waals surface area contributed by atoms with E-state index in [1.165, 1.54) is 0 Å². The molecule has 3 aromatic rings. The molecule has 2 aliphatic rings. The van der Waals surface area contributed by atoms with Gasteiger partial charge in [-0.3, -0.25) is 4.79 Å². The van der Waals surface area contributed by atoms with Crippen LogP contribution >= 0.6 is 11.6 Å². The van der Waals surface area contributed by atoms with Crippen LogP contribution in [-0.2, 0) is 19.5 Å². The van der Waals surface area contributed by atoms with Gasteiger partial charge < -0.3 is 14.7 Å². The lowest BCUT2D eigenvalue weighted by molar-refractivity contribution is -0.0118. The predicted molar refractivity (Wildman–Crippen MR) is 130 cm³/mol. The zero-order valence-electron chi connectivity index (χ0n) is 19.9. The number of aliphatic hydroxyl groups is 1. The van der Waals surface area contributed by atoms with Crippen molar-refractivity contribution in [3.8, 4) is 5.75 Å². The maximum Gasteiger partial charge on any atom is 0.258 e. The molecule has 0 spiro atoms. The SMILES string of the molecule is CCc1nc2c3c(nn2c(C)c1Cl)CN(C(=O)c1ccccc1OC1CCC(CC)CC1O)C3. The molecule has 1 fully saturated rings. The fourth-order valence-electron chi connectivity index (χ4n) is 5.20. The van der Waals surface area contributed by atoms with Crippen LogP contribution in [0.15, 0.2) is 24.3 Å². The second-order valence-electron chi connectivity index (χ2n) is 9.44. The number of ether oxygens (including phenoxy) is 1. The van der Waals surface area contributed by atoms with Crippen molar-refractivity contribution in [3.05, 3.63) is 57.5 Å². The van der Waals surface area contributed by atoms with Crippen molar-refractivity contribution in [3.63, 3.8) is 0 Å². The molecule has 3 heterocycles. The Bertz CT molecular complexity index is 1240. The van der Waals surface area contributed by atoms with E-state index < -0.39 is 6.10 Å². The van der Waals surface area contributed by atoms with Gasteiger partial charge in [-0.1, -0.05) is 44.0 Å². The Balaban J connectivity index is 1.38. The molecule has 3 unspecified atom stereocenters. The number of hydrogen-bond acceptors (Lipinski definition) is 5. The first-order chi connectivity index (χ1) is 16.4. The number of fused-ring (bicyclic) bond motifs is 3. The maximum atomic E-state index is 13.5. The molecule has 34 heavy (non-hydrogen) atoms. The number of aryl methyl sites for hydroxylation is 2. The van der Waals surface area contributed by atoms with Crippen LogP contribution in [0.4, 0.5) is 0 Å². The number of benzene rings is 1. The molecule has 1 saturated carbocycles.